The zero-order valence-corrected chi connectivity index (χ0v) is 13.4. The molecule has 2 heterocycles. The summed E-state index contributed by atoms with van der Waals surface area (Å²) in [7, 11) is 0. The van der Waals surface area contributed by atoms with Gasteiger partial charge in [0.25, 0.3) is 0 Å². The highest BCUT2D eigenvalue weighted by molar-refractivity contribution is 8.03. The van der Waals surface area contributed by atoms with Crippen LogP contribution in [0.1, 0.15) is 23.3 Å². The van der Waals surface area contributed by atoms with Crippen molar-refractivity contribution >= 4 is 23.5 Å². The van der Waals surface area contributed by atoms with E-state index in [1.807, 2.05) is 48.3 Å². The Morgan fingerprint density at radius 1 is 0.900 bits per heavy atom. The number of pyridine rings is 2. The molecule has 1 atom stereocenters. The smallest absolute Gasteiger partial charge is 0.0270 e. The van der Waals surface area contributed by atoms with Crippen LogP contribution in [0.2, 0.25) is 0 Å². The molecule has 0 N–H and O–H groups in total. The first-order chi connectivity index (χ1) is 9.86. The summed E-state index contributed by atoms with van der Waals surface area (Å²) in [5.74, 6) is 3.60. The third kappa shape index (κ3) is 5.55. The fraction of sp³-hybridized carbons (Fsp3) is 0.375. The van der Waals surface area contributed by atoms with Crippen LogP contribution in [0.25, 0.3) is 0 Å². The topological polar surface area (TPSA) is 25.8 Å². The summed E-state index contributed by atoms with van der Waals surface area (Å²) in [6.07, 6.45) is 8.61. The zero-order valence-electron chi connectivity index (χ0n) is 11.7. The van der Waals surface area contributed by atoms with Crippen molar-refractivity contribution in [2.75, 3.05) is 17.3 Å². The molecule has 0 aliphatic carbocycles. The number of hydrogen-bond acceptors (Lipinski definition) is 4. The van der Waals surface area contributed by atoms with E-state index in [0.717, 1.165) is 6.42 Å². The Morgan fingerprint density at radius 2 is 1.55 bits per heavy atom. The van der Waals surface area contributed by atoms with Crippen LogP contribution < -0.4 is 0 Å². The lowest BCUT2D eigenvalue weighted by Crippen LogP contribution is -1.95. The lowest BCUT2D eigenvalue weighted by molar-refractivity contribution is 1.08. The molecule has 0 aliphatic heterocycles. The van der Waals surface area contributed by atoms with Crippen molar-refractivity contribution in [1.82, 2.24) is 9.97 Å². The quantitative estimate of drug-likeness (QED) is 0.681. The number of thioether (sulfide) groups is 2. The molecule has 2 nitrogen and oxygen atoms in total. The van der Waals surface area contributed by atoms with E-state index in [1.165, 1.54) is 28.4 Å². The lowest BCUT2D eigenvalue weighted by atomic mass is 10.2. The number of aromatic nitrogens is 2. The first-order valence-corrected chi connectivity index (χ1v) is 9.05. The van der Waals surface area contributed by atoms with Crippen LogP contribution in [0.15, 0.2) is 49.1 Å². The normalized spacial score (nSPS) is 12.2. The molecule has 0 saturated heterocycles. The van der Waals surface area contributed by atoms with Crippen molar-refractivity contribution in [1.29, 1.82) is 0 Å². The van der Waals surface area contributed by atoms with Gasteiger partial charge in [0.1, 0.15) is 0 Å². The van der Waals surface area contributed by atoms with Gasteiger partial charge < -0.3 is 0 Å². The molecule has 0 amide bonds. The van der Waals surface area contributed by atoms with Crippen LogP contribution in [0.4, 0.5) is 0 Å². The summed E-state index contributed by atoms with van der Waals surface area (Å²) in [6.45, 7) is 2.27. The molecule has 0 bridgehead atoms. The van der Waals surface area contributed by atoms with Gasteiger partial charge in [0.2, 0.25) is 0 Å². The van der Waals surface area contributed by atoms with Gasteiger partial charge in [-0.25, -0.2) is 0 Å². The molecule has 0 spiro atoms. The molecule has 0 aromatic carbocycles. The first-order valence-electron chi connectivity index (χ1n) is 6.84. The monoisotopic (exact) mass is 304 g/mol. The number of nitrogens with zero attached hydrogens (tertiary/aromatic N) is 2. The Morgan fingerprint density at radius 3 is 2.25 bits per heavy atom. The number of aryl methyl sites for hydroxylation is 1. The van der Waals surface area contributed by atoms with Crippen LogP contribution in [-0.4, -0.2) is 27.2 Å². The van der Waals surface area contributed by atoms with Gasteiger partial charge in [0, 0.05) is 41.5 Å². The fourth-order valence-corrected chi connectivity index (χ4v) is 4.00. The minimum absolute atomic E-state index is 0.554. The molecule has 2 rings (SSSR count). The summed E-state index contributed by atoms with van der Waals surface area (Å²) in [6, 6.07) is 8.41. The van der Waals surface area contributed by atoms with E-state index in [2.05, 4.69) is 41.2 Å². The molecule has 2 aromatic rings. The third-order valence-electron chi connectivity index (χ3n) is 3.06. The van der Waals surface area contributed by atoms with E-state index in [0.29, 0.717) is 5.25 Å². The maximum absolute atomic E-state index is 4.06. The van der Waals surface area contributed by atoms with Gasteiger partial charge in [0.15, 0.2) is 0 Å². The van der Waals surface area contributed by atoms with Gasteiger partial charge in [-0.15, -0.1) is 0 Å². The minimum atomic E-state index is 0.554. The predicted molar refractivity (Wildman–Crippen MR) is 90.4 cm³/mol. The second-order valence-electron chi connectivity index (χ2n) is 4.51. The standard InChI is InChI=1S/C16H20N2S2/c1-14(16-4-9-18-10-5-16)20-13-12-19-11-6-15-2-7-17-8-3-15/h2-5,7-10,14H,6,11-13H2,1H3. The SMILES string of the molecule is CC(SCCSCCc1ccncc1)c1ccncc1. The Labute approximate surface area is 129 Å². The largest absolute Gasteiger partial charge is 0.265 e. The highest BCUT2D eigenvalue weighted by Crippen LogP contribution is 2.28. The Bertz CT molecular complexity index is 476. The Hall–Kier alpha value is -1.00. The predicted octanol–water partition coefficient (Wildman–Crippen LogP) is 4.25. The maximum Gasteiger partial charge on any atom is 0.0270 e. The second kappa shape index (κ2) is 9.03. The van der Waals surface area contributed by atoms with E-state index in [4.69, 9.17) is 0 Å². The van der Waals surface area contributed by atoms with Crippen LogP contribution in [-0.2, 0) is 6.42 Å². The van der Waals surface area contributed by atoms with E-state index >= 15 is 0 Å². The highest BCUT2D eigenvalue weighted by atomic mass is 32.2. The van der Waals surface area contributed by atoms with E-state index in [9.17, 15) is 0 Å². The van der Waals surface area contributed by atoms with E-state index in [1.54, 1.807) is 0 Å². The van der Waals surface area contributed by atoms with Crippen molar-refractivity contribution in [2.24, 2.45) is 0 Å². The molecule has 0 fully saturated rings. The summed E-state index contributed by atoms with van der Waals surface area (Å²) in [5, 5.41) is 0.554. The number of hydrogen-bond donors (Lipinski definition) is 0. The van der Waals surface area contributed by atoms with Gasteiger partial charge in [-0.3, -0.25) is 9.97 Å². The van der Waals surface area contributed by atoms with Gasteiger partial charge in [-0.1, -0.05) is 0 Å². The van der Waals surface area contributed by atoms with Crippen LogP contribution >= 0.6 is 23.5 Å². The van der Waals surface area contributed by atoms with Crippen molar-refractivity contribution in [3.63, 3.8) is 0 Å². The van der Waals surface area contributed by atoms with Gasteiger partial charge in [0.05, 0.1) is 0 Å². The van der Waals surface area contributed by atoms with Crippen molar-refractivity contribution in [2.45, 2.75) is 18.6 Å². The fourth-order valence-electron chi connectivity index (χ4n) is 1.86. The molecule has 4 heteroatoms. The molecule has 0 aliphatic rings. The average molecular weight is 304 g/mol. The lowest BCUT2D eigenvalue weighted by Gasteiger charge is -2.10. The van der Waals surface area contributed by atoms with Crippen molar-refractivity contribution < 1.29 is 0 Å². The van der Waals surface area contributed by atoms with E-state index < -0.39 is 0 Å². The van der Waals surface area contributed by atoms with Crippen molar-refractivity contribution in [3.05, 3.63) is 60.2 Å². The number of rotatable bonds is 8. The third-order valence-corrected chi connectivity index (χ3v) is 5.51. The van der Waals surface area contributed by atoms with E-state index in [-0.39, 0.29) is 0 Å². The molecule has 2 aromatic heterocycles. The van der Waals surface area contributed by atoms with Gasteiger partial charge in [-0.05, 0) is 54.5 Å². The molecule has 1 unspecified atom stereocenters. The Kier molecular flexibility index (Phi) is 6.95. The summed E-state index contributed by atoms with van der Waals surface area (Å²) < 4.78 is 0. The van der Waals surface area contributed by atoms with Crippen LogP contribution in [0.5, 0.6) is 0 Å². The highest BCUT2D eigenvalue weighted by Gasteiger charge is 2.04. The second-order valence-corrected chi connectivity index (χ2v) is 7.18. The molecule has 106 valence electrons. The molecule has 0 radical (unpaired) electrons. The molecule has 20 heavy (non-hydrogen) atoms. The summed E-state index contributed by atoms with van der Waals surface area (Å²) >= 11 is 4.05. The Balaban J connectivity index is 1.56. The first kappa shape index (κ1) is 15.4. The summed E-state index contributed by atoms with van der Waals surface area (Å²) in [4.78, 5) is 8.10. The van der Waals surface area contributed by atoms with Gasteiger partial charge in [-0.2, -0.15) is 23.5 Å². The molecular formula is C16H20N2S2. The van der Waals surface area contributed by atoms with Crippen LogP contribution in [0.3, 0.4) is 0 Å². The zero-order chi connectivity index (χ0) is 14.0. The average Bonchev–Trinajstić information content (AvgIpc) is 2.52. The van der Waals surface area contributed by atoms with Crippen molar-refractivity contribution in [3.8, 4) is 0 Å². The van der Waals surface area contributed by atoms with Crippen LogP contribution in [0, 0.1) is 0 Å². The van der Waals surface area contributed by atoms with Gasteiger partial charge >= 0.3 is 0 Å². The molecular weight excluding hydrogens is 284 g/mol. The maximum atomic E-state index is 4.06. The summed E-state index contributed by atoms with van der Waals surface area (Å²) in [5.41, 5.74) is 2.75. The molecule has 0 saturated carbocycles. The minimum Gasteiger partial charge on any atom is -0.265 e.